The van der Waals surface area contributed by atoms with Gasteiger partial charge in [0.1, 0.15) is 6.10 Å². The molecule has 0 radical (unpaired) electrons. The van der Waals surface area contributed by atoms with Gasteiger partial charge < -0.3 is 4.74 Å². The fourth-order valence-electron chi connectivity index (χ4n) is 1.95. The average molecular weight is 244 g/mol. The van der Waals surface area contributed by atoms with Gasteiger partial charge in [0.25, 0.3) is 0 Å². The Bertz CT molecular complexity index is 486. The van der Waals surface area contributed by atoms with Crippen LogP contribution in [0.1, 0.15) is 30.6 Å². The van der Waals surface area contributed by atoms with Crippen LogP contribution in [0.3, 0.4) is 0 Å². The van der Waals surface area contributed by atoms with Crippen molar-refractivity contribution in [1.29, 1.82) is 0 Å². The lowest BCUT2D eigenvalue weighted by Gasteiger charge is -2.29. The Kier molecular flexibility index (Phi) is 3.32. The van der Waals surface area contributed by atoms with E-state index in [4.69, 9.17) is 4.74 Å². The highest BCUT2D eigenvalue weighted by atomic mass is 16.5. The molecule has 1 unspecified atom stereocenters. The Hall–Kier alpha value is -1.90. The van der Waals surface area contributed by atoms with Gasteiger partial charge in [-0.25, -0.2) is 4.79 Å². The number of hydrogen-bond donors (Lipinski definition) is 0. The standard InChI is InChI=1S/C15H16O3/c1-15(2)10-12(8-9-13(15)16)18-14(17)11-6-4-3-5-7-11/h3-9,12H,10H2,1-2H3. The van der Waals surface area contributed by atoms with Gasteiger partial charge in [-0.3, -0.25) is 4.79 Å². The van der Waals surface area contributed by atoms with E-state index in [-0.39, 0.29) is 17.9 Å². The molecular formula is C15H16O3. The first-order chi connectivity index (χ1) is 8.49. The molecule has 2 rings (SSSR count). The lowest BCUT2D eigenvalue weighted by Crippen LogP contribution is -2.33. The highest BCUT2D eigenvalue weighted by Gasteiger charge is 2.33. The van der Waals surface area contributed by atoms with Crippen LogP contribution in [0.5, 0.6) is 0 Å². The SMILES string of the molecule is CC1(C)CC(OC(=O)c2ccccc2)C=CC1=O. The molecule has 94 valence electrons. The third-order valence-corrected chi connectivity index (χ3v) is 3.11. The Morgan fingerprint density at radius 2 is 1.94 bits per heavy atom. The number of carbonyl (C=O) groups is 2. The Balaban J connectivity index is 2.06. The van der Waals surface area contributed by atoms with Gasteiger partial charge in [-0.2, -0.15) is 0 Å². The Labute approximate surface area is 106 Å². The van der Waals surface area contributed by atoms with E-state index in [0.717, 1.165) is 0 Å². The van der Waals surface area contributed by atoms with E-state index in [1.165, 1.54) is 6.08 Å². The molecule has 3 heteroatoms. The topological polar surface area (TPSA) is 43.4 Å². The summed E-state index contributed by atoms with van der Waals surface area (Å²) in [4.78, 5) is 23.5. The van der Waals surface area contributed by atoms with E-state index in [1.807, 2.05) is 19.9 Å². The molecule has 1 aliphatic carbocycles. The molecular weight excluding hydrogens is 228 g/mol. The van der Waals surface area contributed by atoms with E-state index >= 15 is 0 Å². The summed E-state index contributed by atoms with van der Waals surface area (Å²) in [7, 11) is 0. The summed E-state index contributed by atoms with van der Waals surface area (Å²) >= 11 is 0. The van der Waals surface area contributed by atoms with Crippen molar-refractivity contribution in [1.82, 2.24) is 0 Å². The van der Waals surface area contributed by atoms with Crippen molar-refractivity contribution in [3.63, 3.8) is 0 Å². The molecule has 0 saturated heterocycles. The molecule has 0 heterocycles. The van der Waals surface area contributed by atoms with Crippen LogP contribution in [-0.2, 0) is 9.53 Å². The zero-order valence-electron chi connectivity index (χ0n) is 10.6. The third-order valence-electron chi connectivity index (χ3n) is 3.11. The maximum atomic E-state index is 11.9. The van der Waals surface area contributed by atoms with Gasteiger partial charge in [0.2, 0.25) is 0 Å². The van der Waals surface area contributed by atoms with E-state index in [9.17, 15) is 9.59 Å². The predicted molar refractivity (Wildman–Crippen MR) is 68.2 cm³/mol. The van der Waals surface area contributed by atoms with Crippen molar-refractivity contribution in [2.45, 2.75) is 26.4 Å². The molecule has 18 heavy (non-hydrogen) atoms. The highest BCUT2D eigenvalue weighted by molar-refractivity contribution is 5.95. The van der Waals surface area contributed by atoms with Crippen molar-refractivity contribution < 1.29 is 14.3 Å². The van der Waals surface area contributed by atoms with E-state index in [2.05, 4.69) is 0 Å². The smallest absolute Gasteiger partial charge is 0.338 e. The van der Waals surface area contributed by atoms with Crippen LogP contribution in [-0.4, -0.2) is 17.9 Å². The van der Waals surface area contributed by atoms with Crippen molar-refractivity contribution in [3.05, 3.63) is 48.0 Å². The fourth-order valence-corrected chi connectivity index (χ4v) is 1.95. The number of ether oxygens (including phenoxy) is 1. The van der Waals surface area contributed by atoms with Gasteiger partial charge >= 0.3 is 5.97 Å². The average Bonchev–Trinajstić information content (AvgIpc) is 2.34. The number of allylic oxidation sites excluding steroid dienone is 1. The van der Waals surface area contributed by atoms with Crippen LogP contribution in [0, 0.1) is 5.41 Å². The molecule has 1 aromatic carbocycles. The van der Waals surface area contributed by atoms with E-state index < -0.39 is 5.41 Å². The van der Waals surface area contributed by atoms with Crippen molar-refractivity contribution in [2.24, 2.45) is 5.41 Å². The number of esters is 1. The summed E-state index contributed by atoms with van der Waals surface area (Å²) in [6.45, 7) is 3.73. The minimum Gasteiger partial charge on any atom is -0.454 e. The molecule has 1 atom stereocenters. The van der Waals surface area contributed by atoms with E-state index in [1.54, 1.807) is 30.3 Å². The molecule has 0 amide bonds. The van der Waals surface area contributed by atoms with Crippen LogP contribution in [0.15, 0.2) is 42.5 Å². The zero-order valence-corrected chi connectivity index (χ0v) is 10.6. The normalized spacial score (nSPS) is 21.7. The molecule has 1 aromatic rings. The molecule has 0 aromatic heterocycles. The Morgan fingerprint density at radius 3 is 2.56 bits per heavy atom. The second kappa shape index (κ2) is 4.77. The lowest BCUT2D eigenvalue weighted by molar-refractivity contribution is -0.124. The highest BCUT2D eigenvalue weighted by Crippen LogP contribution is 2.30. The maximum Gasteiger partial charge on any atom is 0.338 e. The van der Waals surface area contributed by atoms with Crippen molar-refractivity contribution in [2.75, 3.05) is 0 Å². The van der Waals surface area contributed by atoms with Gasteiger partial charge in [-0.05, 0) is 24.3 Å². The molecule has 0 N–H and O–H groups in total. The quantitative estimate of drug-likeness (QED) is 0.751. The largest absolute Gasteiger partial charge is 0.454 e. The predicted octanol–water partition coefficient (Wildman–Crippen LogP) is 2.77. The van der Waals surface area contributed by atoms with Crippen LogP contribution in [0.4, 0.5) is 0 Å². The third kappa shape index (κ3) is 2.67. The van der Waals surface area contributed by atoms with Crippen LogP contribution in [0.25, 0.3) is 0 Å². The lowest BCUT2D eigenvalue weighted by atomic mass is 9.78. The zero-order chi connectivity index (χ0) is 13.2. The van der Waals surface area contributed by atoms with Crippen molar-refractivity contribution in [3.8, 4) is 0 Å². The Morgan fingerprint density at radius 1 is 1.28 bits per heavy atom. The van der Waals surface area contributed by atoms with Crippen LogP contribution >= 0.6 is 0 Å². The summed E-state index contributed by atoms with van der Waals surface area (Å²) in [6, 6.07) is 8.86. The molecule has 0 fully saturated rings. The molecule has 0 spiro atoms. The molecule has 0 saturated carbocycles. The molecule has 0 bridgehead atoms. The van der Waals surface area contributed by atoms with Gasteiger partial charge in [-0.1, -0.05) is 32.0 Å². The number of ketones is 1. The molecule has 3 nitrogen and oxygen atoms in total. The summed E-state index contributed by atoms with van der Waals surface area (Å²) < 4.78 is 5.38. The number of carbonyl (C=O) groups excluding carboxylic acids is 2. The second-order valence-corrected chi connectivity index (χ2v) is 5.12. The summed E-state index contributed by atoms with van der Waals surface area (Å²) in [6.07, 6.45) is 3.37. The fraction of sp³-hybridized carbons (Fsp3) is 0.333. The molecule has 0 aliphatic heterocycles. The number of hydrogen-bond acceptors (Lipinski definition) is 3. The van der Waals surface area contributed by atoms with Gasteiger partial charge in [0, 0.05) is 11.8 Å². The van der Waals surface area contributed by atoms with Gasteiger partial charge in [0.15, 0.2) is 5.78 Å². The summed E-state index contributed by atoms with van der Waals surface area (Å²) in [5, 5.41) is 0. The number of rotatable bonds is 2. The number of benzene rings is 1. The first-order valence-electron chi connectivity index (χ1n) is 5.98. The second-order valence-electron chi connectivity index (χ2n) is 5.12. The molecule has 1 aliphatic rings. The van der Waals surface area contributed by atoms with E-state index in [0.29, 0.717) is 12.0 Å². The minimum absolute atomic E-state index is 0.0783. The van der Waals surface area contributed by atoms with Gasteiger partial charge in [0.05, 0.1) is 5.56 Å². The minimum atomic E-state index is -0.462. The van der Waals surface area contributed by atoms with Crippen molar-refractivity contribution >= 4 is 11.8 Å². The monoisotopic (exact) mass is 244 g/mol. The first-order valence-corrected chi connectivity index (χ1v) is 5.98. The first kappa shape index (κ1) is 12.6. The van der Waals surface area contributed by atoms with Gasteiger partial charge in [-0.15, -0.1) is 0 Å². The van der Waals surface area contributed by atoms with Crippen LogP contribution in [0.2, 0.25) is 0 Å². The summed E-state index contributed by atoms with van der Waals surface area (Å²) in [5.74, 6) is -0.273. The van der Waals surface area contributed by atoms with Crippen LogP contribution < -0.4 is 0 Å². The maximum absolute atomic E-state index is 11.9. The summed E-state index contributed by atoms with van der Waals surface area (Å²) in [5.41, 5.74) is 0.0664.